The molecule has 0 saturated carbocycles. The smallest absolute Gasteiger partial charge is 0.223 e. The van der Waals surface area contributed by atoms with Gasteiger partial charge in [-0.2, -0.15) is 0 Å². The average Bonchev–Trinajstić information content (AvgIpc) is 2.63. The van der Waals surface area contributed by atoms with Crippen molar-refractivity contribution in [1.29, 1.82) is 0 Å². The van der Waals surface area contributed by atoms with Crippen molar-refractivity contribution in [3.05, 3.63) is 18.0 Å². The molecule has 2 N–H and O–H groups in total. The fraction of sp³-hybridized carbons (Fsp3) is 0.600. The van der Waals surface area contributed by atoms with Gasteiger partial charge in [0.05, 0.1) is 6.54 Å². The Labute approximate surface area is 88.2 Å². The molecule has 1 aromatic rings. The summed E-state index contributed by atoms with van der Waals surface area (Å²) < 4.78 is 4.68. The topological polar surface area (TPSA) is 67.2 Å². The molecule has 1 aliphatic rings. The van der Waals surface area contributed by atoms with Crippen LogP contribution in [0, 0.1) is 11.8 Å². The lowest BCUT2D eigenvalue weighted by atomic mass is 9.88. The van der Waals surface area contributed by atoms with E-state index >= 15 is 0 Å². The van der Waals surface area contributed by atoms with Crippen molar-refractivity contribution in [1.82, 2.24) is 15.8 Å². The standard InChI is InChI=1S/C10H15N3O2/c1-7(8-4-11-5-8)10(14)12-6-9-2-3-15-13-9/h2-3,7-8,11H,4-6H2,1H3,(H,12,14). The maximum absolute atomic E-state index is 11.7. The largest absolute Gasteiger partial charge is 0.364 e. The minimum atomic E-state index is 0.0677. The Bertz CT molecular complexity index is 319. The SMILES string of the molecule is CC(C(=O)NCc1ccon1)C1CNC1. The molecule has 5 heteroatoms. The van der Waals surface area contributed by atoms with Crippen LogP contribution in [0.1, 0.15) is 12.6 Å². The van der Waals surface area contributed by atoms with Gasteiger partial charge in [0.25, 0.3) is 0 Å². The van der Waals surface area contributed by atoms with E-state index in [0.29, 0.717) is 12.5 Å². The molecule has 5 nitrogen and oxygen atoms in total. The molecule has 0 spiro atoms. The van der Waals surface area contributed by atoms with Crippen molar-refractivity contribution >= 4 is 5.91 Å². The second-order valence-corrected chi connectivity index (χ2v) is 3.92. The fourth-order valence-corrected chi connectivity index (χ4v) is 1.55. The van der Waals surface area contributed by atoms with Gasteiger partial charge in [-0.05, 0) is 19.0 Å². The van der Waals surface area contributed by atoms with Gasteiger partial charge in [-0.1, -0.05) is 12.1 Å². The van der Waals surface area contributed by atoms with Crippen molar-refractivity contribution in [3.63, 3.8) is 0 Å². The average molecular weight is 209 g/mol. The van der Waals surface area contributed by atoms with E-state index in [4.69, 9.17) is 0 Å². The number of carbonyl (C=O) groups excluding carboxylic acids is 1. The van der Waals surface area contributed by atoms with Gasteiger partial charge in [-0.15, -0.1) is 0 Å². The zero-order valence-electron chi connectivity index (χ0n) is 8.69. The Morgan fingerprint density at radius 3 is 3.13 bits per heavy atom. The monoisotopic (exact) mass is 209 g/mol. The predicted octanol–water partition coefficient (Wildman–Crippen LogP) is 0.146. The molecule has 0 aliphatic carbocycles. The molecule has 1 aliphatic heterocycles. The second-order valence-electron chi connectivity index (χ2n) is 3.92. The van der Waals surface area contributed by atoms with Gasteiger partial charge in [0, 0.05) is 12.0 Å². The lowest BCUT2D eigenvalue weighted by Gasteiger charge is -2.31. The van der Waals surface area contributed by atoms with E-state index in [1.54, 1.807) is 6.07 Å². The van der Waals surface area contributed by atoms with E-state index in [2.05, 4.69) is 20.3 Å². The molecule has 0 radical (unpaired) electrons. The van der Waals surface area contributed by atoms with Crippen molar-refractivity contribution in [2.45, 2.75) is 13.5 Å². The van der Waals surface area contributed by atoms with Gasteiger partial charge in [0.15, 0.2) is 0 Å². The number of carbonyl (C=O) groups is 1. The molecule has 1 atom stereocenters. The third-order valence-electron chi connectivity index (χ3n) is 2.87. The van der Waals surface area contributed by atoms with Crippen LogP contribution in [0.2, 0.25) is 0 Å². The number of hydrogen-bond acceptors (Lipinski definition) is 4. The van der Waals surface area contributed by atoms with Crippen LogP contribution in [-0.2, 0) is 11.3 Å². The first kappa shape index (κ1) is 10.2. The minimum Gasteiger partial charge on any atom is -0.364 e. The summed E-state index contributed by atoms with van der Waals surface area (Å²) in [4.78, 5) is 11.7. The molecule has 1 aromatic heterocycles. The van der Waals surface area contributed by atoms with E-state index in [0.717, 1.165) is 18.8 Å². The van der Waals surface area contributed by atoms with Crippen LogP contribution in [0.25, 0.3) is 0 Å². The molecule has 1 amide bonds. The van der Waals surface area contributed by atoms with Gasteiger partial charge < -0.3 is 15.2 Å². The van der Waals surface area contributed by atoms with E-state index in [1.807, 2.05) is 6.92 Å². The first-order valence-electron chi connectivity index (χ1n) is 5.15. The number of nitrogens with zero attached hydrogens (tertiary/aromatic N) is 1. The molecular weight excluding hydrogens is 194 g/mol. The molecule has 0 bridgehead atoms. The molecule has 2 heterocycles. The van der Waals surface area contributed by atoms with Crippen LogP contribution in [0.3, 0.4) is 0 Å². The summed E-state index contributed by atoms with van der Waals surface area (Å²) >= 11 is 0. The number of amides is 1. The van der Waals surface area contributed by atoms with Gasteiger partial charge >= 0.3 is 0 Å². The number of rotatable bonds is 4. The summed E-state index contributed by atoms with van der Waals surface area (Å²) in [5, 5.41) is 9.73. The minimum absolute atomic E-state index is 0.0677. The van der Waals surface area contributed by atoms with Crippen LogP contribution < -0.4 is 10.6 Å². The van der Waals surface area contributed by atoms with E-state index in [-0.39, 0.29) is 11.8 Å². The molecule has 15 heavy (non-hydrogen) atoms. The van der Waals surface area contributed by atoms with Gasteiger partial charge in [0.2, 0.25) is 5.91 Å². The van der Waals surface area contributed by atoms with Crippen LogP contribution in [0.5, 0.6) is 0 Å². The van der Waals surface area contributed by atoms with Crippen molar-refractivity contribution in [3.8, 4) is 0 Å². The molecule has 1 saturated heterocycles. The first-order valence-corrected chi connectivity index (χ1v) is 5.15. The highest BCUT2D eigenvalue weighted by Crippen LogP contribution is 2.15. The Hall–Kier alpha value is -1.36. The van der Waals surface area contributed by atoms with E-state index < -0.39 is 0 Å². The van der Waals surface area contributed by atoms with Crippen molar-refractivity contribution in [2.75, 3.05) is 13.1 Å². The number of hydrogen-bond donors (Lipinski definition) is 2. The summed E-state index contributed by atoms with van der Waals surface area (Å²) in [5.41, 5.74) is 0.752. The molecule has 1 fully saturated rings. The van der Waals surface area contributed by atoms with Crippen LogP contribution in [-0.4, -0.2) is 24.2 Å². The molecule has 1 unspecified atom stereocenters. The van der Waals surface area contributed by atoms with Crippen molar-refractivity contribution < 1.29 is 9.32 Å². The molecule has 0 aromatic carbocycles. The summed E-state index contributed by atoms with van der Waals surface area (Å²) in [6.07, 6.45) is 1.50. The summed E-state index contributed by atoms with van der Waals surface area (Å²) in [7, 11) is 0. The second kappa shape index (κ2) is 4.44. The predicted molar refractivity (Wildman–Crippen MR) is 53.9 cm³/mol. The fourth-order valence-electron chi connectivity index (χ4n) is 1.55. The Balaban J connectivity index is 1.76. The normalized spacial score (nSPS) is 18.2. The summed E-state index contributed by atoms with van der Waals surface area (Å²) in [6.45, 7) is 4.29. The highest BCUT2D eigenvalue weighted by atomic mass is 16.5. The van der Waals surface area contributed by atoms with Crippen LogP contribution in [0.4, 0.5) is 0 Å². The zero-order chi connectivity index (χ0) is 10.7. The molecular formula is C10H15N3O2. The van der Waals surface area contributed by atoms with Gasteiger partial charge in [-0.25, -0.2) is 0 Å². The quantitative estimate of drug-likeness (QED) is 0.740. The van der Waals surface area contributed by atoms with Gasteiger partial charge in [0.1, 0.15) is 12.0 Å². The van der Waals surface area contributed by atoms with Crippen molar-refractivity contribution in [2.24, 2.45) is 11.8 Å². The molecule has 82 valence electrons. The Kier molecular flexibility index (Phi) is 3.01. The molecule has 2 rings (SSSR count). The van der Waals surface area contributed by atoms with Gasteiger partial charge in [-0.3, -0.25) is 4.79 Å². The van der Waals surface area contributed by atoms with Crippen LogP contribution >= 0.6 is 0 Å². The Morgan fingerprint density at radius 2 is 2.60 bits per heavy atom. The zero-order valence-corrected chi connectivity index (χ0v) is 8.69. The maximum Gasteiger partial charge on any atom is 0.223 e. The van der Waals surface area contributed by atoms with E-state index in [9.17, 15) is 4.79 Å². The number of aromatic nitrogens is 1. The highest BCUT2D eigenvalue weighted by Gasteiger charge is 2.28. The lowest BCUT2D eigenvalue weighted by molar-refractivity contribution is -0.126. The maximum atomic E-state index is 11.7. The summed E-state index contributed by atoms with van der Waals surface area (Å²) in [6, 6.07) is 1.75. The third kappa shape index (κ3) is 2.36. The highest BCUT2D eigenvalue weighted by molar-refractivity contribution is 5.78. The number of nitrogens with one attached hydrogen (secondary N) is 2. The van der Waals surface area contributed by atoms with E-state index in [1.165, 1.54) is 6.26 Å². The first-order chi connectivity index (χ1) is 7.27. The lowest BCUT2D eigenvalue weighted by Crippen LogP contribution is -2.49. The third-order valence-corrected chi connectivity index (χ3v) is 2.87. The Morgan fingerprint density at radius 1 is 1.80 bits per heavy atom. The summed E-state index contributed by atoms with van der Waals surface area (Å²) in [5.74, 6) is 0.630. The van der Waals surface area contributed by atoms with Crippen LogP contribution in [0.15, 0.2) is 16.9 Å².